The van der Waals surface area contributed by atoms with E-state index >= 15 is 0 Å². The van der Waals surface area contributed by atoms with Gasteiger partial charge in [-0.3, -0.25) is 4.79 Å². The molecule has 0 aliphatic carbocycles. The van der Waals surface area contributed by atoms with E-state index in [1.807, 2.05) is 0 Å². The Morgan fingerprint density at radius 1 is 1.23 bits per heavy atom. The molecule has 0 spiro atoms. The Hall–Kier alpha value is -2.68. The van der Waals surface area contributed by atoms with Crippen molar-refractivity contribution in [3.8, 4) is 11.5 Å². The Bertz CT molecular complexity index is 813. The summed E-state index contributed by atoms with van der Waals surface area (Å²) < 4.78 is 47.7. The van der Waals surface area contributed by atoms with Crippen LogP contribution in [-0.2, 0) is 6.18 Å². The Kier molecular flexibility index (Phi) is 5.08. The van der Waals surface area contributed by atoms with Gasteiger partial charge in [0.2, 0.25) is 6.79 Å². The predicted molar refractivity (Wildman–Crippen MR) is 87.6 cm³/mol. The summed E-state index contributed by atoms with van der Waals surface area (Å²) in [4.78, 5) is 15.8. The minimum Gasteiger partial charge on any atom is -0.454 e. The number of fused-ring (bicyclic) bond motifs is 1. The molecule has 3 rings (SSSR count). The number of hydrogen-bond acceptors (Lipinski definition) is 5. The van der Waals surface area contributed by atoms with E-state index in [-0.39, 0.29) is 36.6 Å². The number of aromatic nitrogens is 1. The van der Waals surface area contributed by atoms with Crippen LogP contribution in [0.5, 0.6) is 11.5 Å². The van der Waals surface area contributed by atoms with Crippen LogP contribution in [0.15, 0.2) is 30.5 Å². The number of carbonyl (C=O) groups excluding carboxylic acids is 1. The number of halogens is 4. The van der Waals surface area contributed by atoms with Gasteiger partial charge in [-0.05, 0) is 24.3 Å². The highest BCUT2D eigenvalue weighted by molar-refractivity contribution is 6.32. The molecule has 0 fully saturated rings. The van der Waals surface area contributed by atoms with Crippen molar-refractivity contribution in [3.63, 3.8) is 0 Å². The third kappa shape index (κ3) is 4.10. The van der Waals surface area contributed by atoms with Crippen molar-refractivity contribution in [2.75, 3.05) is 25.2 Å². The average Bonchev–Trinajstić information content (AvgIpc) is 3.07. The van der Waals surface area contributed by atoms with Crippen molar-refractivity contribution in [2.45, 2.75) is 6.18 Å². The minimum absolute atomic E-state index is 0.0458. The number of benzene rings is 1. The van der Waals surface area contributed by atoms with Crippen LogP contribution in [0.3, 0.4) is 0 Å². The molecule has 0 bridgehead atoms. The first-order valence-electron chi connectivity index (χ1n) is 7.49. The summed E-state index contributed by atoms with van der Waals surface area (Å²) in [5.41, 5.74) is -0.511. The highest BCUT2D eigenvalue weighted by Crippen LogP contribution is 2.39. The van der Waals surface area contributed by atoms with E-state index in [1.165, 1.54) is 18.2 Å². The highest BCUT2D eigenvalue weighted by atomic mass is 35.5. The topological polar surface area (TPSA) is 72.5 Å². The summed E-state index contributed by atoms with van der Waals surface area (Å²) in [6.45, 7) is 0.556. The number of pyridine rings is 1. The lowest BCUT2D eigenvalue weighted by Crippen LogP contribution is -2.28. The molecule has 1 aliphatic heterocycles. The van der Waals surface area contributed by atoms with Crippen molar-refractivity contribution in [2.24, 2.45) is 0 Å². The monoisotopic (exact) mass is 387 g/mol. The van der Waals surface area contributed by atoms with Gasteiger partial charge in [0, 0.05) is 24.8 Å². The van der Waals surface area contributed by atoms with Crippen molar-refractivity contribution < 1.29 is 27.4 Å². The standard InChI is InChI=1S/C16H13ClF3N3O3/c17-11-5-9(6-12-14(11)26-8-25-12)15(24)22-4-3-21-13-2-1-10(7-23-13)16(18,19)20/h1-2,5-7H,3-4,8H2,(H,21,23)(H,22,24). The zero-order valence-electron chi connectivity index (χ0n) is 13.2. The van der Waals surface area contributed by atoms with E-state index in [1.54, 1.807) is 0 Å². The fraction of sp³-hybridized carbons (Fsp3) is 0.250. The van der Waals surface area contributed by atoms with Gasteiger partial charge in [-0.2, -0.15) is 13.2 Å². The Morgan fingerprint density at radius 2 is 2.04 bits per heavy atom. The van der Waals surface area contributed by atoms with Gasteiger partial charge in [0.15, 0.2) is 11.5 Å². The number of amides is 1. The van der Waals surface area contributed by atoms with Gasteiger partial charge in [0.05, 0.1) is 10.6 Å². The second-order valence-corrected chi connectivity index (χ2v) is 5.71. The van der Waals surface area contributed by atoms with Crippen LogP contribution in [0.25, 0.3) is 0 Å². The van der Waals surface area contributed by atoms with Gasteiger partial charge in [-0.1, -0.05) is 11.6 Å². The van der Waals surface area contributed by atoms with E-state index in [0.717, 1.165) is 12.3 Å². The first kappa shape index (κ1) is 18.1. The van der Waals surface area contributed by atoms with E-state index < -0.39 is 11.7 Å². The number of alkyl halides is 3. The van der Waals surface area contributed by atoms with Gasteiger partial charge in [0.1, 0.15) is 5.82 Å². The second-order valence-electron chi connectivity index (χ2n) is 5.30. The lowest BCUT2D eigenvalue weighted by molar-refractivity contribution is -0.137. The zero-order chi connectivity index (χ0) is 18.7. The van der Waals surface area contributed by atoms with Crippen molar-refractivity contribution in [1.82, 2.24) is 10.3 Å². The third-order valence-electron chi connectivity index (χ3n) is 3.50. The molecule has 10 heteroatoms. The fourth-order valence-corrected chi connectivity index (χ4v) is 2.50. The molecule has 0 saturated carbocycles. The van der Waals surface area contributed by atoms with E-state index in [2.05, 4.69) is 15.6 Å². The maximum atomic E-state index is 12.5. The maximum absolute atomic E-state index is 12.5. The van der Waals surface area contributed by atoms with Gasteiger partial charge < -0.3 is 20.1 Å². The van der Waals surface area contributed by atoms with E-state index in [0.29, 0.717) is 17.1 Å². The molecule has 0 radical (unpaired) electrons. The molecular formula is C16H13ClF3N3O3. The summed E-state index contributed by atoms with van der Waals surface area (Å²) in [7, 11) is 0. The van der Waals surface area contributed by atoms with Gasteiger partial charge in [0.25, 0.3) is 5.91 Å². The first-order valence-corrected chi connectivity index (χ1v) is 7.87. The number of nitrogens with zero attached hydrogens (tertiary/aromatic N) is 1. The highest BCUT2D eigenvalue weighted by Gasteiger charge is 2.30. The quantitative estimate of drug-likeness (QED) is 0.770. The number of ether oxygens (including phenoxy) is 2. The van der Waals surface area contributed by atoms with Gasteiger partial charge in [-0.15, -0.1) is 0 Å². The maximum Gasteiger partial charge on any atom is 0.417 e. The second kappa shape index (κ2) is 7.28. The van der Waals surface area contributed by atoms with E-state index in [4.69, 9.17) is 21.1 Å². The summed E-state index contributed by atoms with van der Waals surface area (Å²) in [5, 5.41) is 5.75. The summed E-state index contributed by atoms with van der Waals surface area (Å²) >= 11 is 6.02. The fourth-order valence-electron chi connectivity index (χ4n) is 2.23. The third-order valence-corrected chi connectivity index (χ3v) is 3.78. The molecule has 2 aromatic rings. The number of anilines is 1. The normalized spacial score (nSPS) is 12.8. The lowest BCUT2D eigenvalue weighted by Gasteiger charge is -2.10. The Morgan fingerprint density at radius 3 is 2.73 bits per heavy atom. The number of rotatable bonds is 5. The van der Waals surface area contributed by atoms with Crippen LogP contribution < -0.4 is 20.1 Å². The van der Waals surface area contributed by atoms with Crippen LogP contribution in [0, 0.1) is 0 Å². The summed E-state index contributed by atoms with van der Waals surface area (Å²) in [6.07, 6.45) is -3.68. The summed E-state index contributed by atoms with van der Waals surface area (Å²) in [6, 6.07) is 5.15. The molecule has 6 nitrogen and oxygen atoms in total. The smallest absolute Gasteiger partial charge is 0.417 e. The Labute approximate surface area is 151 Å². The molecule has 0 saturated heterocycles. The molecule has 0 unspecified atom stereocenters. The number of hydrogen-bond donors (Lipinski definition) is 2. The average molecular weight is 388 g/mol. The molecule has 138 valence electrons. The van der Waals surface area contributed by atoms with Crippen LogP contribution in [0.1, 0.15) is 15.9 Å². The van der Waals surface area contributed by atoms with Crippen LogP contribution >= 0.6 is 11.6 Å². The minimum atomic E-state index is -4.43. The molecule has 1 aromatic carbocycles. The first-order chi connectivity index (χ1) is 12.3. The molecule has 0 atom stereocenters. The van der Waals surface area contributed by atoms with Crippen LogP contribution in [0.2, 0.25) is 5.02 Å². The molecule has 1 aromatic heterocycles. The number of carbonyl (C=O) groups is 1. The summed E-state index contributed by atoms with van der Waals surface area (Å²) in [5.74, 6) is 0.707. The van der Waals surface area contributed by atoms with Crippen LogP contribution in [0.4, 0.5) is 19.0 Å². The zero-order valence-corrected chi connectivity index (χ0v) is 13.9. The van der Waals surface area contributed by atoms with Crippen molar-refractivity contribution in [1.29, 1.82) is 0 Å². The van der Waals surface area contributed by atoms with Gasteiger partial charge >= 0.3 is 6.18 Å². The van der Waals surface area contributed by atoms with E-state index in [9.17, 15) is 18.0 Å². The van der Waals surface area contributed by atoms with Crippen molar-refractivity contribution >= 4 is 23.3 Å². The van der Waals surface area contributed by atoms with Crippen molar-refractivity contribution in [3.05, 3.63) is 46.6 Å². The number of nitrogens with one attached hydrogen (secondary N) is 2. The molecule has 1 aliphatic rings. The molecule has 2 N–H and O–H groups in total. The largest absolute Gasteiger partial charge is 0.454 e. The molecule has 26 heavy (non-hydrogen) atoms. The molecular weight excluding hydrogens is 375 g/mol. The SMILES string of the molecule is O=C(NCCNc1ccc(C(F)(F)F)cn1)c1cc(Cl)c2c(c1)OCO2. The molecule has 1 amide bonds. The predicted octanol–water partition coefficient (Wildman–Crippen LogP) is 3.32. The van der Waals surface area contributed by atoms with Gasteiger partial charge in [-0.25, -0.2) is 4.98 Å². The Balaban J connectivity index is 1.49. The molecule has 2 heterocycles. The van der Waals surface area contributed by atoms with Crippen LogP contribution in [-0.4, -0.2) is 30.8 Å². The lowest BCUT2D eigenvalue weighted by atomic mass is 10.2.